The van der Waals surface area contributed by atoms with Crippen molar-refractivity contribution in [1.82, 2.24) is 21.3 Å². The average molecular weight is 1490 g/mol. The topological polar surface area (TPSA) is 736 Å². The number of hydrogen-bond acceptors (Lipinski definition) is 40. The number of carboxylic acid groups (broad SMARTS) is 2. The van der Waals surface area contributed by atoms with E-state index in [9.17, 15) is 146 Å². The smallest absolute Gasteiger partial charge is 0.364 e. The molecule has 7 rings (SSSR count). The second-order valence-corrected chi connectivity index (χ2v) is 25.5. The summed E-state index contributed by atoms with van der Waals surface area (Å²) in [5.74, 6) is -13.6. The van der Waals surface area contributed by atoms with Gasteiger partial charge in [0.15, 0.2) is 31.5 Å². The van der Waals surface area contributed by atoms with Gasteiger partial charge in [0.1, 0.15) is 159 Å². The van der Waals surface area contributed by atoms with Crippen LogP contribution in [0.5, 0.6) is 0 Å². The number of carbonyl (C=O) groups excluding carboxylic acids is 4. The van der Waals surface area contributed by atoms with Crippen LogP contribution in [0.2, 0.25) is 0 Å². The van der Waals surface area contributed by atoms with Crippen molar-refractivity contribution in [2.45, 2.75) is 266 Å². The molecule has 7 saturated heterocycles. The van der Waals surface area contributed by atoms with Crippen LogP contribution in [0.15, 0.2) is 0 Å². The lowest BCUT2D eigenvalue weighted by Crippen LogP contribution is -2.70. The lowest BCUT2D eigenvalue weighted by Gasteiger charge is -2.50. The molecule has 46 heteroatoms. The summed E-state index contributed by atoms with van der Waals surface area (Å²) in [6, 6.07) is -7.02. The predicted molar refractivity (Wildman–Crippen MR) is 313 cm³/mol. The number of carbonyl (C=O) groups is 6. The highest BCUT2D eigenvalue weighted by molar-refractivity contribution is 5.77. The van der Waals surface area contributed by atoms with Crippen molar-refractivity contribution >= 4 is 35.6 Å². The fourth-order valence-electron chi connectivity index (χ4n) is 12.7. The molecule has 0 saturated carbocycles. The third-order valence-electron chi connectivity index (χ3n) is 18.1. The van der Waals surface area contributed by atoms with Gasteiger partial charge in [-0.05, 0) is 0 Å². The molecule has 7 heterocycles. The standard InChI is InChI=1S/C56H92N4O42/c1-14(65)57-27-18(69)5-55(53(86)87,101-46(27)31(73)20(71)7-61)91-12-24-33(75)37(79)41(83)51(96-24)99-43-22(9-63)94-49(29(35(43)77)59-16(3)67)90-11-26-45(39(81)40(82)48(85)93-26)98-50-30(60-17(4)68)36(78)44(23(10-64)95-50)100-52-42(84)38(80)34(76)25(97-52)13-92-56(54(88)89)6-19(70)28(58-15(2)66)47(102-56)32(74)21(72)8-62/h18-52,61-64,69-85H,5-13H2,1-4H3,(H,57,65)(H,58,66)(H,59,67)(H,60,68)(H,86,87)(H,88,89)/t18-,19-,20+,21+,22+,23+,24+,25+,26+,27+,28+,29+,30+,31+,32+,33-,34-,35+,36+,37-,38-,39+,40+,41+,42+,43+,44+,45-,46+,47+,48?,49+,50-,51-,52-,55+,56+/m0/s1. The maximum absolute atomic E-state index is 12.9. The molecule has 0 aromatic rings. The molecule has 7 fully saturated rings. The Morgan fingerprint density at radius 3 is 1.11 bits per heavy atom. The number of hydrogen-bond donors (Lipinski definition) is 27. The fourth-order valence-corrected chi connectivity index (χ4v) is 12.7. The van der Waals surface area contributed by atoms with Gasteiger partial charge in [0.05, 0.1) is 70.5 Å². The normalized spacial score (nSPS) is 44.6. The van der Waals surface area contributed by atoms with E-state index in [1.54, 1.807) is 0 Å². The zero-order chi connectivity index (χ0) is 76.1. The summed E-state index contributed by atoms with van der Waals surface area (Å²) in [4.78, 5) is 75.3. The lowest BCUT2D eigenvalue weighted by atomic mass is 9.88. The van der Waals surface area contributed by atoms with Crippen molar-refractivity contribution in [1.29, 1.82) is 0 Å². The number of carboxylic acids is 2. The number of amides is 4. The molecule has 588 valence electrons. The van der Waals surface area contributed by atoms with Crippen molar-refractivity contribution in [3.05, 3.63) is 0 Å². The Morgan fingerprint density at radius 1 is 0.402 bits per heavy atom. The molecule has 1 unspecified atom stereocenters. The number of aliphatic hydroxyl groups excluding tert-OH is 21. The summed E-state index contributed by atoms with van der Waals surface area (Å²) in [7, 11) is 0. The number of ether oxygens (including phenoxy) is 13. The summed E-state index contributed by atoms with van der Waals surface area (Å²) in [5.41, 5.74) is 0. The zero-order valence-corrected chi connectivity index (χ0v) is 54.6. The van der Waals surface area contributed by atoms with E-state index < -0.39 is 321 Å². The van der Waals surface area contributed by atoms with E-state index in [1.807, 2.05) is 0 Å². The second-order valence-electron chi connectivity index (χ2n) is 25.5. The molecule has 0 bridgehead atoms. The highest BCUT2D eigenvalue weighted by atomic mass is 16.8. The molecule has 4 amide bonds. The monoisotopic (exact) mass is 1490 g/mol. The van der Waals surface area contributed by atoms with Crippen molar-refractivity contribution in [3.63, 3.8) is 0 Å². The summed E-state index contributed by atoms with van der Waals surface area (Å²) in [5, 5.41) is 258. The Balaban J connectivity index is 1.06. The van der Waals surface area contributed by atoms with E-state index in [-0.39, 0.29) is 0 Å². The number of aliphatic carboxylic acids is 2. The van der Waals surface area contributed by atoms with Crippen molar-refractivity contribution in [2.75, 3.05) is 46.2 Å². The SMILES string of the molecule is CC(=O)N[C@H]1[C@H](OC[C@H]2OC(O)[C@H](O)[C@@H](O)[C@H]2O[C@@H]2O[C@H](CO)[C@@H](O[C@@H]3O[C@H](CO[C@]4(C(=O)O)C[C@H](O)[C@@H](NC(C)=O)[C@H]([C@H](O)[C@H](O)CO)O4)[C@H](O)[C@H](O)[C@H]3O)[C@H](O)[C@H]2NC(C)=O)O[C@H](CO)[C@@H](O[C@@H]2O[C@H](CO[C@]3(C(=O)O)C[C@H](O)[C@@H](NC(C)=O)[C@H]([C@H](O)[C@H](O)CO)O3)[C@H](O)[C@H](O)[C@H]2O)[C@@H]1O. The first kappa shape index (κ1) is 84.7. The van der Waals surface area contributed by atoms with Crippen LogP contribution in [0, 0.1) is 0 Å². The van der Waals surface area contributed by atoms with Gasteiger partial charge in [0, 0.05) is 40.5 Å². The Hall–Kier alpha value is -4.54. The minimum atomic E-state index is -3.03. The molecule has 0 radical (unpaired) electrons. The van der Waals surface area contributed by atoms with Crippen LogP contribution in [-0.4, -0.2) is 425 Å². The Morgan fingerprint density at radius 2 is 0.745 bits per heavy atom. The van der Waals surface area contributed by atoms with Gasteiger partial charge in [-0.1, -0.05) is 0 Å². The second kappa shape index (κ2) is 35.9. The molecule has 102 heavy (non-hydrogen) atoms. The summed E-state index contributed by atoms with van der Waals surface area (Å²) in [6.07, 6.45) is -67.3. The minimum absolute atomic E-state index is 0.813. The molecule has 37 atom stereocenters. The van der Waals surface area contributed by atoms with Gasteiger partial charge in [-0.3, -0.25) is 19.2 Å². The van der Waals surface area contributed by atoms with Crippen LogP contribution < -0.4 is 21.3 Å². The van der Waals surface area contributed by atoms with E-state index in [1.165, 1.54) is 0 Å². The minimum Gasteiger partial charge on any atom is -0.477 e. The summed E-state index contributed by atoms with van der Waals surface area (Å²) in [6.45, 7) is -4.03. The maximum Gasteiger partial charge on any atom is 0.364 e. The zero-order valence-electron chi connectivity index (χ0n) is 54.6. The molecule has 27 N–H and O–H groups in total. The summed E-state index contributed by atoms with van der Waals surface area (Å²) >= 11 is 0. The van der Waals surface area contributed by atoms with Gasteiger partial charge < -0.3 is 200 Å². The first-order chi connectivity index (χ1) is 47.8. The van der Waals surface area contributed by atoms with Crippen LogP contribution >= 0.6 is 0 Å². The molecule has 0 spiro atoms. The fraction of sp³-hybridized carbons (Fsp3) is 0.893. The van der Waals surface area contributed by atoms with Crippen LogP contribution in [0.1, 0.15) is 40.5 Å². The third-order valence-corrected chi connectivity index (χ3v) is 18.1. The van der Waals surface area contributed by atoms with Crippen LogP contribution in [0.25, 0.3) is 0 Å². The third kappa shape index (κ3) is 18.9. The van der Waals surface area contributed by atoms with Gasteiger partial charge in [-0.15, -0.1) is 0 Å². The van der Waals surface area contributed by atoms with E-state index >= 15 is 0 Å². The van der Waals surface area contributed by atoms with E-state index in [2.05, 4.69) is 21.3 Å². The molecule has 46 nitrogen and oxygen atoms in total. The molecule has 0 aliphatic carbocycles. The van der Waals surface area contributed by atoms with Crippen molar-refractivity contribution < 1.29 is 208 Å². The average Bonchev–Trinajstić information content (AvgIpc) is 0.783. The largest absolute Gasteiger partial charge is 0.477 e. The lowest BCUT2D eigenvalue weighted by molar-refractivity contribution is -0.374. The molecular formula is C56H92N4O42. The Kier molecular flexibility index (Phi) is 29.8. The van der Waals surface area contributed by atoms with E-state index in [4.69, 9.17) is 61.6 Å². The highest BCUT2D eigenvalue weighted by Crippen LogP contribution is 2.40. The van der Waals surface area contributed by atoms with E-state index in [0.29, 0.717) is 0 Å². The van der Waals surface area contributed by atoms with Crippen molar-refractivity contribution in [3.8, 4) is 0 Å². The predicted octanol–water partition coefficient (Wildman–Crippen LogP) is -17.3. The Bertz CT molecular complexity index is 2780. The number of rotatable bonds is 29. The van der Waals surface area contributed by atoms with Crippen LogP contribution in [0.3, 0.4) is 0 Å². The van der Waals surface area contributed by atoms with Gasteiger partial charge >= 0.3 is 11.9 Å². The molecule has 0 aromatic carbocycles. The molecule has 7 aliphatic heterocycles. The van der Waals surface area contributed by atoms with Crippen LogP contribution in [-0.2, 0) is 90.3 Å². The Labute approximate surface area is 576 Å². The van der Waals surface area contributed by atoms with Gasteiger partial charge in [0.25, 0.3) is 11.6 Å². The molecule has 7 aliphatic rings. The van der Waals surface area contributed by atoms with Crippen molar-refractivity contribution in [2.24, 2.45) is 0 Å². The maximum atomic E-state index is 12.9. The number of aliphatic hydroxyl groups is 21. The number of nitrogens with one attached hydrogen (secondary N) is 4. The van der Waals surface area contributed by atoms with Gasteiger partial charge in [-0.2, -0.15) is 0 Å². The first-order valence-corrected chi connectivity index (χ1v) is 31.9. The highest BCUT2D eigenvalue weighted by Gasteiger charge is 2.61. The summed E-state index contributed by atoms with van der Waals surface area (Å²) < 4.78 is 74.7. The van der Waals surface area contributed by atoms with Gasteiger partial charge in [-0.25, -0.2) is 9.59 Å². The van der Waals surface area contributed by atoms with Crippen LogP contribution in [0.4, 0.5) is 0 Å². The first-order valence-electron chi connectivity index (χ1n) is 31.9. The van der Waals surface area contributed by atoms with E-state index in [0.717, 1.165) is 27.7 Å². The van der Waals surface area contributed by atoms with Gasteiger partial charge in [0.2, 0.25) is 23.6 Å². The quantitative estimate of drug-likeness (QED) is 0.0331. The molecular weight excluding hydrogens is 1400 g/mol. The molecule has 0 aromatic heterocycles.